The van der Waals surface area contributed by atoms with Gasteiger partial charge < -0.3 is 9.13 Å². The van der Waals surface area contributed by atoms with Crippen molar-refractivity contribution in [2.75, 3.05) is 0 Å². The van der Waals surface area contributed by atoms with Gasteiger partial charge in [0.15, 0.2) is 0 Å². The minimum absolute atomic E-state index is 0.00958. The van der Waals surface area contributed by atoms with Crippen molar-refractivity contribution >= 4 is 43.6 Å². The quantitative estimate of drug-likeness (QED) is 0.146. The molecule has 0 amide bonds. The van der Waals surface area contributed by atoms with E-state index in [-0.39, 0.29) is 82.2 Å². The van der Waals surface area contributed by atoms with E-state index in [1.165, 1.54) is 0 Å². The van der Waals surface area contributed by atoms with E-state index in [1.54, 1.807) is 6.07 Å². The van der Waals surface area contributed by atoms with Gasteiger partial charge in [0, 0.05) is 27.1 Å². The molecule has 2 aromatic heterocycles. The van der Waals surface area contributed by atoms with E-state index >= 15 is 79.0 Å². The van der Waals surface area contributed by atoms with Gasteiger partial charge in [-0.2, -0.15) is 137 Å². The molecule has 0 saturated carbocycles. The summed E-state index contributed by atoms with van der Waals surface area (Å²) in [7, 11) is 0. The fourth-order valence-corrected chi connectivity index (χ4v) is 12.5. The summed E-state index contributed by atoms with van der Waals surface area (Å²) in [5.74, 6) is 0. The van der Waals surface area contributed by atoms with Gasteiger partial charge in [-0.1, -0.05) is 72.8 Å². The zero-order valence-electron chi connectivity index (χ0n) is 50.4. The fourth-order valence-electron chi connectivity index (χ4n) is 12.5. The number of rotatable bonds is 7. The van der Waals surface area contributed by atoms with Gasteiger partial charge in [0.1, 0.15) is 0 Å². The third-order valence-electron chi connectivity index (χ3n) is 17.0. The molecule has 12 aromatic rings. The van der Waals surface area contributed by atoms with Crippen LogP contribution in [0.5, 0.6) is 0 Å². The highest BCUT2D eigenvalue weighted by atomic mass is 19.4. The van der Waals surface area contributed by atoms with Gasteiger partial charge in [-0.3, -0.25) is 0 Å². The van der Waals surface area contributed by atoms with Gasteiger partial charge in [0.2, 0.25) is 0 Å². The lowest BCUT2D eigenvalue weighted by Crippen LogP contribution is -2.12. The van der Waals surface area contributed by atoms with Gasteiger partial charge in [0.25, 0.3) is 0 Å². The standard InChI is InChI=1S/C71H29F30N3/c72-62(73,74)37-5-13-43(51(26-37)68(90,91)92)32-1-9-47-48-10-2-33(44-14-6-38(63(75,76)77)27-52(44)69(93,94)95)22-56(48)103(55(47)21-32)59-17-31(30-102)18-60(61(59)36-19-41(66(84,85)86)25-42(20-36)67(87,88)89)104-57-23-34(45-15-7-39(64(78,79)80)28-53(45)70(96,97)98)3-11-49(57)50-12-4-35(24-58(50)104)46-16-8-40(65(81,82)83)29-54(46)71(99,100)101/h1-29H. The second-order valence-electron chi connectivity index (χ2n) is 23.4. The monoisotopic (exact) mass is 1490 g/mol. The molecule has 0 bridgehead atoms. The SMILES string of the molecule is N#Cc1cc(-n2c3cc(-c4ccc(C(F)(F)F)cc4C(F)(F)F)ccc3c3ccc(-c4ccc(C(F)(F)F)cc4C(F)(F)F)cc32)c(-c2cc(C(F)(F)F)cc(C(F)(F)F)c2)c(-n2c3cc(-c4ccc(C(F)(F)F)cc4C(F)(F)F)ccc3c3ccc(-c4ccc(C(F)(F)F)cc4C(F)(F)F)cc32)c1. The molecule has 0 aliphatic heterocycles. The molecule has 10 aromatic carbocycles. The molecule has 0 radical (unpaired) electrons. The van der Waals surface area contributed by atoms with Crippen LogP contribution in [0, 0.1) is 11.3 Å². The van der Waals surface area contributed by atoms with Gasteiger partial charge in [0.05, 0.1) is 101 Å². The van der Waals surface area contributed by atoms with Crippen LogP contribution in [0.2, 0.25) is 0 Å². The van der Waals surface area contributed by atoms with Crippen LogP contribution in [-0.2, 0) is 61.8 Å². The molecule has 0 fully saturated rings. The Hall–Kier alpha value is -10.8. The van der Waals surface area contributed by atoms with Crippen LogP contribution in [0.1, 0.15) is 61.2 Å². The van der Waals surface area contributed by atoms with Crippen LogP contribution in [0.4, 0.5) is 132 Å². The second-order valence-corrected chi connectivity index (χ2v) is 23.4. The van der Waals surface area contributed by atoms with Crippen LogP contribution in [0.25, 0.3) is 111 Å². The number of hydrogen-bond donors (Lipinski definition) is 0. The topological polar surface area (TPSA) is 33.6 Å². The Kier molecular flexibility index (Phi) is 16.9. The normalized spacial score (nSPS) is 13.5. The molecule has 0 N–H and O–H groups in total. The molecule has 2 heterocycles. The molecule has 0 saturated heterocycles. The van der Waals surface area contributed by atoms with E-state index < -0.39 is 218 Å². The second kappa shape index (κ2) is 24.1. The lowest BCUT2D eigenvalue weighted by atomic mass is 9.94. The van der Waals surface area contributed by atoms with Crippen molar-refractivity contribution in [1.82, 2.24) is 9.13 Å². The summed E-state index contributed by atoms with van der Waals surface area (Å²) in [6, 6.07) is 12.8. The third kappa shape index (κ3) is 13.4. The highest BCUT2D eigenvalue weighted by molar-refractivity contribution is 6.14. The van der Waals surface area contributed by atoms with E-state index in [1.807, 2.05) is 0 Å². The van der Waals surface area contributed by atoms with Crippen molar-refractivity contribution in [2.24, 2.45) is 0 Å². The molecular weight excluding hydrogens is 1460 g/mol. The first-order valence-corrected chi connectivity index (χ1v) is 29.0. The molecule has 0 unspecified atom stereocenters. The first kappa shape index (κ1) is 73.0. The Bertz CT molecular complexity index is 4940. The van der Waals surface area contributed by atoms with Crippen LogP contribution >= 0.6 is 0 Å². The van der Waals surface area contributed by atoms with Gasteiger partial charge in [-0.05, 0) is 153 Å². The Labute approximate surface area is 560 Å². The number of benzene rings is 10. The van der Waals surface area contributed by atoms with E-state index in [0.29, 0.717) is 69.8 Å². The average Bonchev–Trinajstić information content (AvgIpc) is 1.54. The number of aromatic nitrogens is 2. The lowest BCUT2D eigenvalue weighted by Gasteiger charge is -2.23. The maximum atomic E-state index is 15.4. The third-order valence-corrected chi connectivity index (χ3v) is 17.0. The Morgan fingerprint density at radius 2 is 0.452 bits per heavy atom. The van der Waals surface area contributed by atoms with Crippen molar-refractivity contribution in [3.05, 3.63) is 237 Å². The Morgan fingerprint density at radius 1 is 0.221 bits per heavy atom. The van der Waals surface area contributed by atoms with Gasteiger partial charge in [-0.25, -0.2) is 0 Å². The first-order chi connectivity index (χ1) is 47.8. The van der Waals surface area contributed by atoms with Crippen molar-refractivity contribution in [2.45, 2.75) is 61.8 Å². The highest BCUT2D eigenvalue weighted by Gasteiger charge is 2.45. The molecule has 0 aliphatic rings. The van der Waals surface area contributed by atoms with E-state index in [9.17, 15) is 57.9 Å². The molecule has 0 aliphatic carbocycles. The largest absolute Gasteiger partial charge is 0.417 e. The summed E-state index contributed by atoms with van der Waals surface area (Å²) in [6.07, 6.45) is -56.5. The van der Waals surface area contributed by atoms with Gasteiger partial charge >= 0.3 is 61.8 Å². The van der Waals surface area contributed by atoms with E-state index in [4.69, 9.17) is 0 Å². The summed E-state index contributed by atoms with van der Waals surface area (Å²) in [5.41, 5.74) is -36.0. The molecule has 0 spiro atoms. The smallest absolute Gasteiger partial charge is 0.308 e. The molecule has 104 heavy (non-hydrogen) atoms. The number of nitrogens with zero attached hydrogens (tertiary/aromatic N) is 3. The van der Waals surface area contributed by atoms with Gasteiger partial charge in [-0.15, -0.1) is 0 Å². The molecule has 3 nitrogen and oxygen atoms in total. The summed E-state index contributed by atoms with van der Waals surface area (Å²) < 4.78 is 445. The maximum Gasteiger partial charge on any atom is 0.417 e. The summed E-state index contributed by atoms with van der Waals surface area (Å²) in [5, 5.41) is 9.64. The molecular formula is C71H29F30N3. The van der Waals surface area contributed by atoms with E-state index in [2.05, 4.69) is 0 Å². The first-order valence-electron chi connectivity index (χ1n) is 29.0. The van der Waals surface area contributed by atoms with Crippen molar-refractivity contribution in [1.29, 1.82) is 5.26 Å². The Morgan fingerprint density at radius 3 is 0.654 bits per heavy atom. The summed E-state index contributed by atoms with van der Waals surface area (Å²) >= 11 is 0. The van der Waals surface area contributed by atoms with Crippen molar-refractivity contribution in [3.8, 4) is 73.1 Å². The Balaban J connectivity index is 1.32. The van der Waals surface area contributed by atoms with Crippen molar-refractivity contribution < 1.29 is 132 Å². The highest BCUT2D eigenvalue weighted by Crippen LogP contribution is 2.52. The number of hydrogen-bond acceptors (Lipinski definition) is 1. The zero-order valence-corrected chi connectivity index (χ0v) is 50.4. The number of alkyl halides is 30. The maximum absolute atomic E-state index is 15.4. The van der Waals surface area contributed by atoms with Crippen LogP contribution < -0.4 is 0 Å². The van der Waals surface area contributed by atoms with Crippen LogP contribution in [0.3, 0.4) is 0 Å². The predicted molar refractivity (Wildman–Crippen MR) is 317 cm³/mol. The molecule has 33 heteroatoms. The minimum Gasteiger partial charge on any atom is -0.308 e. The van der Waals surface area contributed by atoms with Crippen molar-refractivity contribution in [3.63, 3.8) is 0 Å². The molecule has 538 valence electrons. The average molecular weight is 1490 g/mol. The minimum atomic E-state index is -5.87. The summed E-state index contributed by atoms with van der Waals surface area (Å²) in [6.45, 7) is 0. The lowest BCUT2D eigenvalue weighted by molar-refractivity contribution is -0.144. The predicted octanol–water partition coefficient (Wildman–Crippen LogP) is 26.3. The molecule has 0 atom stereocenters. The van der Waals surface area contributed by atoms with E-state index in [0.717, 1.165) is 48.5 Å². The number of halogens is 30. The number of nitriles is 1. The zero-order chi connectivity index (χ0) is 76.3. The fraction of sp³-hybridized carbons (Fsp3) is 0.141. The number of fused-ring (bicyclic) bond motifs is 6. The summed E-state index contributed by atoms with van der Waals surface area (Å²) in [4.78, 5) is 0. The van der Waals surface area contributed by atoms with Crippen LogP contribution in [-0.4, -0.2) is 9.13 Å². The van der Waals surface area contributed by atoms with Crippen LogP contribution in [0.15, 0.2) is 176 Å². The molecule has 12 rings (SSSR count).